The second kappa shape index (κ2) is 3.15. The summed E-state index contributed by atoms with van der Waals surface area (Å²) in [6.07, 6.45) is 1.01. The van der Waals surface area contributed by atoms with Gasteiger partial charge in [-0.05, 0) is 6.07 Å². The Bertz CT molecular complexity index is 296. The molecule has 1 aromatic heterocycles. The van der Waals surface area contributed by atoms with E-state index in [1.54, 1.807) is 0 Å². The molecule has 0 saturated heterocycles. The number of hydrogen-bond acceptors (Lipinski definition) is 1. The van der Waals surface area contributed by atoms with Gasteiger partial charge in [-0.2, -0.15) is 0 Å². The van der Waals surface area contributed by atoms with E-state index < -0.39 is 5.92 Å². The maximum atomic E-state index is 12.6. The molecule has 0 saturated carbocycles. The first-order valence-electron chi connectivity index (χ1n) is 3.10. The molecule has 0 aromatic carbocycles. The molecule has 0 aliphatic carbocycles. The molecule has 0 spiro atoms. The van der Waals surface area contributed by atoms with Gasteiger partial charge in [0.2, 0.25) is 0 Å². The summed E-state index contributed by atoms with van der Waals surface area (Å²) >= 11 is 10.9. The second-order valence-corrected chi connectivity index (χ2v) is 3.15. The smallest absolute Gasteiger partial charge is 0.242 e. The SMILES string of the molecule is CC(F)(F)c1cnc(Cl)c(Cl)c1. The van der Waals surface area contributed by atoms with Crippen molar-refractivity contribution in [2.45, 2.75) is 12.8 Å². The molecule has 1 rings (SSSR count). The normalized spacial score (nSPS) is 11.8. The summed E-state index contributed by atoms with van der Waals surface area (Å²) in [5, 5.41) is 0.0698. The average molecular weight is 212 g/mol. The van der Waals surface area contributed by atoms with Gasteiger partial charge in [0, 0.05) is 18.7 Å². The summed E-state index contributed by atoms with van der Waals surface area (Å²) in [7, 11) is 0. The number of alkyl halides is 2. The van der Waals surface area contributed by atoms with E-state index in [-0.39, 0.29) is 15.7 Å². The van der Waals surface area contributed by atoms with E-state index in [0.29, 0.717) is 0 Å². The lowest BCUT2D eigenvalue weighted by molar-refractivity contribution is 0.0171. The molecule has 0 atom stereocenters. The van der Waals surface area contributed by atoms with Crippen LogP contribution in [0.3, 0.4) is 0 Å². The van der Waals surface area contributed by atoms with Crippen molar-refractivity contribution in [3.05, 3.63) is 28.0 Å². The molecule has 1 heterocycles. The molecule has 12 heavy (non-hydrogen) atoms. The minimum atomic E-state index is -2.93. The summed E-state index contributed by atoms with van der Waals surface area (Å²) in [5.41, 5.74) is -0.239. The molecule has 0 unspecified atom stereocenters. The zero-order chi connectivity index (χ0) is 9.35. The molecule has 1 nitrogen and oxygen atoms in total. The third-order valence-corrected chi connectivity index (χ3v) is 1.99. The minimum Gasteiger partial charge on any atom is -0.242 e. The highest BCUT2D eigenvalue weighted by atomic mass is 35.5. The van der Waals surface area contributed by atoms with Crippen molar-refractivity contribution < 1.29 is 8.78 Å². The lowest BCUT2D eigenvalue weighted by Gasteiger charge is -2.09. The Morgan fingerprint density at radius 3 is 2.42 bits per heavy atom. The van der Waals surface area contributed by atoms with Gasteiger partial charge in [0.05, 0.1) is 5.02 Å². The Kier molecular flexibility index (Phi) is 2.54. The van der Waals surface area contributed by atoms with Crippen LogP contribution >= 0.6 is 23.2 Å². The lowest BCUT2D eigenvalue weighted by atomic mass is 10.2. The van der Waals surface area contributed by atoms with Crippen molar-refractivity contribution in [2.24, 2.45) is 0 Å². The fraction of sp³-hybridized carbons (Fsp3) is 0.286. The van der Waals surface area contributed by atoms with Crippen LogP contribution in [-0.2, 0) is 5.92 Å². The van der Waals surface area contributed by atoms with Crippen molar-refractivity contribution in [1.29, 1.82) is 0 Å². The zero-order valence-corrected chi connectivity index (χ0v) is 7.63. The molecule has 0 amide bonds. The molecule has 0 bridgehead atoms. The van der Waals surface area contributed by atoms with Gasteiger partial charge in [-0.1, -0.05) is 23.2 Å². The molecular formula is C7H5Cl2F2N. The van der Waals surface area contributed by atoms with Crippen molar-refractivity contribution in [3.63, 3.8) is 0 Å². The van der Waals surface area contributed by atoms with Gasteiger partial charge >= 0.3 is 0 Å². The van der Waals surface area contributed by atoms with Crippen LogP contribution < -0.4 is 0 Å². The summed E-state index contributed by atoms with van der Waals surface area (Å²) in [5.74, 6) is -2.93. The number of pyridine rings is 1. The van der Waals surface area contributed by atoms with Crippen LogP contribution in [0.15, 0.2) is 12.3 Å². The third-order valence-electron chi connectivity index (χ3n) is 1.30. The molecule has 1 aromatic rings. The monoisotopic (exact) mass is 211 g/mol. The van der Waals surface area contributed by atoms with Gasteiger partial charge < -0.3 is 0 Å². The molecule has 0 aliphatic heterocycles. The predicted molar refractivity (Wildman–Crippen MR) is 43.8 cm³/mol. The van der Waals surface area contributed by atoms with E-state index >= 15 is 0 Å². The van der Waals surface area contributed by atoms with Gasteiger partial charge in [0.1, 0.15) is 5.15 Å². The van der Waals surface area contributed by atoms with Gasteiger partial charge in [-0.15, -0.1) is 0 Å². The quantitative estimate of drug-likeness (QED) is 0.649. The van der Waals surface area contributed by atoms with Gasteiger partial charge in [0.25, 0.3) is 5.92 Å². The first kappa shape index (κ1) is 9.68. The fourth-order valence-corrected chi connectivity index (χ4v) is 0.931. The van der Waals surface area contributed by atoms with E-state index in [1.807, 2.05) is 0 Å². The van der Waals surface area contributed by atoms with E-state index in [4.69, 9.17) is 23.2 Å². The maximum Gasteiger partial charge on any atom is 0.272 e. The Hall–Kier alpha value is -0.410. The van der Waals surface area contributed by atoms with Crippen molar-refractivity contribution in [3.8, 4) is 0 Å². The Morgan fingerprint density at radius 2 is 2.00 bits per heavy atom. The highest BCUT2D eigenvalue weighted by molar-refractivity contribution is 6.41. The predicted octanol–water partition coefficient (Wildman–Crippen LogP) is 3.50. The van der Waals surface area contributed by atoms with E-state index in [9.17, 15) is 8.78 Å². The van der Waals surface area contributed by atoms with Crippen LogP contribution in [-0.4, -0.2) is 4.98 Å². The van der Waals surface area contributed by atoms with Crippen LogP contribution in [0.4, 0.5) is 8.78 Å². The first-order chi connectivity index (χ1) is 5.41. The van der Waals surface area contributed by atoms with Crippen LogP contribution in [0.5, 0.6) is 0 Å². The van der Waals surface area contributed by atoms with Gasteiger partial charge in [-0.3, -0.25) is 0 Å². The van der Waals surface area contributed by atoms with Crippen molar-refractivity contribution >= 4 is 23.2 Å². The fourth-order valence-electron chi connectivity index (χ4n) is 0.661. The van der Waals surface area contributed by atoms with Crippen molar-refractivity contribution in [2.75, 3.05) is 0 Å². The number of aromatic nitrogens is 1. The molecule has 0 radical (unpaired) electrons. The van der Waals surface area contributed by atoms with Gasteiger partial charge in [0.15, 0.2) is 0 Å². The van der Waals surface area contributed by atoms with Gasteiger partial charge in [-0.25, -0.2) is 13.8 Å². The minimum absolute atomic E-state index is 0.0321. The maximum absolute atomic E-state index is 12.6. The Balaban J connectivity index is 3.14. The zero-order valence-electron chi connectivity index (χ0n) is 6.11. The van der Waals surface area contributed by atoms with E-state index in [1.165, 1.54) is 0 Å². The Labute approximate surface area is 78.3 Å². The second-order valence-electron chi connectivity index (χ2n) is 2.39. The highest BCUT2D eigenvalue weighted by Gasteiger charge is 2.25. The number of hydrogen-bond donors (Lipinski definition) is 0. The summed E-state index contributed by atoms with van der Waals surface area (Å²) < 4.78 is 25.2. The molecule has 66 valence electrons. The van der Waals surface area contributed by atoms with E-state index in [2.05, 4.69) is 4.98 Å². The molecule has 5 heteroatoms. The summed E-state index contributed by atoms with van der Waals surface area (Å²) in [6, 6.07) is 1.11. The van der Waals surface area contributed by atoms with Crippen LogP contribution in [0.25, 0.3) is 0 Å². The number of nitrogens with zero attached hydrogens (tertiary/aromatic N) is 1. The average Bonchev–Trinajstić information content (AvgIpc) is 1.92. The molecule has 0 fully saturated rings. The molecule has 0 N–H and O–H groups in total. The van der Waals surface area contributed by atoms with E-state index in [0.717, 1.165) is 19.2 Å². The first-order valence-corrected chi connectivity index (χ1v) is 3.86. The van der Waals surface area contributed by atoms with Crippen LogP contribution in [0, 0.1) is 0 Å². The topological polar surface area (TPSA) is 12.9 Å². The highest BCUT2D eigenvalue weighted by Crippen LogP contribution is 2.30. The summed E-state index contributed by atoms with van der Waals surface area (Å²) in [6.45, 7) is 0.772. The number of halogens is 4. The molecular weight excluding hydrogens is 207 g/mol. The van der Waals surface area contributed by atoms with Crippen LogP contribution in [0.1, 0.15) is 12.5 Å². The standard InChI is InChI=1S/C7H5Cl2F2N/c1-7(10,11)4-2-5(8)6(9)12-3-4/h2-3H,1H3. The summed E-state index contributed by atoms with van der Waals surface area (Å²) in [4.78, 5) is 3.50. The Morgan fingerprint density at radius 1 is 1.42 bits per heavy atom. The number of rotatable bonds is 1. The molecule has 0 aliphatic rings. The third kappa shape index (κ3) is 2.05. The van der Waals surface area contributed by atoms with Crippen LogP contribution in [0.2, 0.25) is 10.2 Å². The lowest BCUT2D eigenvalue weighted by Crippen LogP contribution is -2.07. The largest absolute Gasteiger partial charge is 0.272 e. The van der Waals surface area contributed by atoms with Crippen molar-refractivity contribution in [1.82, 2.24) is 4.98 Å².